The fourth-order valence-corrected chi connectivity index (χ4v) is 4.28. The maximum absolute atomic E-state index is 12.6. The molecule has 2 amide bonds. The monoisotopic (exact) mass is 417 g/mol. The molecule has 0 spiro atoms. The largest absolute Gasteiger partial charge is 0.454 e. The summed E-state index contributed by atoms with van der Waals surface area (Å²) in [5.41, 5.74) is 1.10. The topological polar surface area (TPSA) is 71.1 Å². The van der Waals surface area contributed by atoms with Crippen LogP contribution in [0.25, 0.3) is 0 Å². The molecule has 0 atom stereocenters. The van der Waals surface area contributed by atoms with Crippen LogP contribution in [0, 0.1) is 11.3 Å². The number of likely N-dealkylation sites (tertiary alicyclic amines) is 1. The molecule has 0 bridgehead atoms. The molecule has 1 fully saturated rings. The maximum Gasteiger partial charge on any atom is 0.231 e. The van der Waals surface area contributed by atoms with Crippen LogP contribution in [0.15, 0.2) is 18.2 Å². The zero-order chi connectivity index (χ0) is 21.7. The van der Waals surface area contributed by atoms with Crippen LogP contribution >= 0.6 is 0 Å². The SMILES string of the molecule is CN(C)CC(C)(C)CNC(=O)C1CCN(C(=O)CCc2ccc3c(c2)OCO3)CC1. The van der Waals surface area contributed by atoms with Gasteiger partial charge < -0.3 is 24.6 Å². The molecule has 1 saturated heterocycles. The van der Waals surface area contributed by atoms with E-state index in [0.29, 0.717) is 32.5 Å². The van der Waals surface area contributed by atoms with Gasteiger partial charge in [0.05, 0.1) is 0 Å². The van der Waals surface area contributed by atoms with Gasteiger partial charge in [0, 0.05) is 38.5 Å². The lowest BCUT2D eigenvalue weighted by atomic mass is 9.91. The van der Waals surface area contributed by atoms with Crippen LogP contribution in [-0.4, -0.2) is 68.7 Å². The molecule has 3 rings (SSSR count). The third kappa shape index (κ3) is 6.11. The van der Waals surface area contributed by atoms with Crippen molar-refractivity contribution in [1.29, 1.82) is 0 Å². The first-order valence-electron chi connectivity index (χ1n) is 10.8. The van der Waals surface area contributed by atoms with E-state index in [1.54, 1.807) is 0 Å². The van der Waals surface area contributed by atoms with E-state index in [2.05, 4.69) is 24.1 Å². The highest BCUT2D eigenvalue weighted by molar-refractivity contribution is 5.80. The van der Waals surface area contributed by atoms with Crippen molar-refractivity contribution in [3.63, 3.8) is 0 Å². The predicted octanol–water partition coefficient (Wildman–Crippen LogP) is 2.29. The molecule has 2 heterocycles. The number of hydrogen-bond acceptors (Lipinski definition) is 5. The molecule has 0 aromatic heterocycles. The quantitative estimate of drug-likeness (QED) is 0.703. The average molecular weight is 418 g/mol. The lowest BCUT2D eigenvalue weighted by Crippen LogP contribution is -2.46. The van der Waals surface area contributed by atoms with Gasteiger partial charge in [0.2, 0.25) is 18.6 Å². The second kappa shape index (κ2) is 9.69. The number of nitrogens with zero attached hydrogens (tertiary/aromatic N) is 2. The highest BCUT2D eigenvalue weighted by Gasteiger charge is 2.28. The van der Waals surface area contributed by atoms with E-state index in [4.69, 9.17) is 9.47 Å². The number of hydrogen-bond donors (Lipinski definition) is 1. The number of aryl methyl sites for hydroxylation is 1. The first kappa shape index (κ1) is 22.4. The summed E-state index contributed by atoms with van der Waals surface area (Å²) in [4.78, 5) is 29.2. The van der Waals surface area contributed by atoms with Crippen molar-refractivity contribution in [3.05, 3.63) is 23.8 Å². The second-order valence-corrected chi connectivity index (χ2v) is 9.46. The van der Waals surface area contributed by atoms with E-state index in [-0.39, 0.29) is 29.9 Å². The summed E-state index contributed by atoms with van der Waals surface area (Å²) in [6.07, 6.45) is 2.61. The molecule has 166 valence electrons. The number of ether oxygens (including phenoxy) is 2. The predicted molar refractivity (Wildman–Crippen MR) is 116 cm³/mol. The van der Waals surface area contributed by atoms with Gasteiger partial charge in [-0.25, -0.2) is 0 Å². The molecule has 7 nitrogen and oxygen atoms in total. The minimum atomic E-state index is -0.00179. The molecule has 1 aromatic rings. The second-order valence-electron chi connectivity index (χ2n) is 9.46. The summed E-state index contributed by atoms with van der Waals surface area (Å²) in [6, 6.07) is 5.82. The standard InChI is InChI=1S/C23H35N3O4/c1-23(2,15-25(3)4)14-24-22(28)18-9-11-26(12-10-18)21(27)8-6-17-5-7-19-20(13-17)30-16-29-19/h5,7,13,18H,6,8-12,14-16H2,1-4H3,(H,24,28). The van der Waals surface area contributed by atoms with Crippen LogP contribution in [0.1, 0.15) is 38.7 Å². The van der Waals surface area contributed by atoms with Crippen molar-refractivity contribution in [3.8, 4) is 11.5 Å². The minimum absolute atomic E-state index is 0.00179. The minimum Gasteiger partial charge on any atom is -0.454 e. The number of rotatable bonds is 8. The Kier molecular flexibility index (Phi) is 7.23. The van der Waals surface area contributed by atoms with Gasteiger partial charge >= 0.3 is 0 Å². The molecule has 1 aromatic carbocycles. The van der Waals surface area contributed by atoms with Crippen molar-refractivity contribution in [2.45, 2.75) is 39.5 Å². The van der Waals surface area contributed by atoms with E-state index < -0.39 is 0 Å². The van der Waals surface area contributed by atoms with Crippen LogP contribution in [0.5, 0.6) is 11.5 Å². The average Bonchev–Trinajstić information content (AvgIpc) is 3.17. The summed E-state index contributed by atoms with van der Waals surface area (Å²) in [5.74, 6) is 1.78. The van der Waals surface area contributed by atoms with Crippen LogP contribution in [0.2, 0.25) is 0 Å². The molecular weight excluding hydrogens is 382 g/mol. The third-order valence-corrected chi connectivity index (χ3v) is 5.77. The molecule has 0 aliphatic carbocycles. The lowest BCUT2D eigenvalue weighted by Gasteiger charge is -2.33. The Labute approximate surface area is 179 Å². The van der Waals surface area contributed by atoms with Gasteiger partial charge in [-0.15, -0.1) is 0 Å². The van der Waals surface area contributed by atoms with Crippen molar-refractivity contribution in [2.75, 3.05) is 47.1 Å². The fraction of sp³-hybridized carbons (Fsp3) is 0.652. The van der Waals surface area contributed by atoms with Crippen molar-refractivity contribution < 1.29 is 19.1 Å². The zero-order valence-electron chi connectivity index (χ0n) is 18.7. The Balaban J connectivity index is 1.39. The third-order valence-electron chi connectivity index (χ3n) is 5.77. The Morgan fingerprint density at radius 2 is 1.87 bits per heavy atom. The van der Waals surface area contributed by atoms with E-state index in [9.17, 15) is 9.59 Å². The number of piperidine rings is 1. The van der Waals surface area contributed by atoms with Gasteiger partial charge in [-0.1, -0.05) is 19.9 Å². The maximum atomic E-state index is 12.6. The first-order valence-corrected chi connectivity index (χ1v) is 10.8. The van der Waals surface area contributed by atoms with Gasteiger partial charge in [-0.3, -0.25) is 9.59 Å². The Morgan fingerprint density at radius 1 is 1.17 bits per heavy atom. The van der Waals surface area contributed by atoms with Gasteiger partial charge in [0.25, 0.3) is 0 Å². The van der Waals surface area contributed by atoms with E-state index in [0.717, 1.165) is 36.4 Å². The Morgan fingerprint density at radius 3 is 2.57 bits per heavy atom. The lowest BCUT2D eigenvalue weighted by molar-refractivity contribution is -0.135. The number of amides is 2. The number of carbonyl (C=O) groups is 2. The van der Waals surface area contributed by atoms with Crippen LogP contribution in [0.3, 0.4) is 0 Å². The fourth-order valence-electron chi connectivity index (χ4n) is 4.28. The van der Waals surface area contributed by atoms with Crippen molar-refractivity contribution in [1.82, 2.24) is 15.1 Å². The van der Waals surface area contributed by atoms with Gasteiger partial charge in [0.15, 0.2) is 11.5 Å². The highest BCUT2D eigenvalue weighted by Crippen LogP contribution is 2.32. The number of fused-ring (bicyclic) bond motifs is 1. The Bertz CT molecular complexity index is 755. The summed E-state index contributed by atoms with van der Waals surface area (Å²) in [5, 5.41) is 3.12. The summed E-state index contributed by atoms with van der Waals surface area (Å²) in [6.45, 7) is 7.47. The molecule has 2 aliphatic rings. The van der Waals surface area contributed by atoms with E-state index in [1.165, 1.54) is 0 Å². The normalized spacial score (nSPS) is 16.8. The van der Waals surface area contributed by atoms with Gasteiger partial charge in [-0.05, 0) is 56.5 Å². The van der Waals surface area contributed by atoms with Crippen LogP contribution in [0.4, 0.5) is 0 Å². The molecular formula is C23H35N3O4. The van der Waals surface area contributed by atoms with Crippen molar-refractivity contribution in [2.24, 2.45) is 11.3 Å². The van der Waals surface area contributed by atoms with E-state index in [1.807, 2.05) is 37.2 Å². The molecule has 2 aliphatic heterocycles. The summed E-state index contributed by atoms with van der Waals surface area (Å²) < 4.78 is 10.7. The number of carbonyl (C=O) groups excluding carboxylic acids is 2. The summed E-state index contributed by atoms with van der Waals surface area (Å²) in [7, 11) is 4.09. The molecule has 0 unspecified atom stereocenters. The first-order chi connectivity index (χ1) is 14.2. The molecule has 30 heavy (non-hydrogen) atoms. The number of benzene rings is 1. The van der Waals surface area contributed by atoms with Crippen molar-refractivity contribution >= 4 is 11.8 Å². The molecule has 7 heteroatoms. The van der Waals surface area contributed by atoms with Crippen LogP contribution in [-0.2, 0) is 16.0 Å². The van der Waals surface area contributed by atoms with Gasteiger partial charge in [0.1, 0.15) is 0 Å². The zero-order valence-corrected chi connectivity index (χ0v) is 18.7. The summed E-state index contributed by atoms with van der Waals surface area (Å²) >= 11 is 0. The smallest absolute Gasteiger partial charge is 0.231 e. The molecule has 0 radical (unpaired) electrons. The number of nitrogens with one attached hydrogen (secondary N) is 1. The Hall–Kier alpha value is -2.28. The van der Waals surface area contributed by atoms with Gasteiger partial charge in [-0.2, -0.15) is 0 Å². The molecule has 0 saturated carbocycles. The van der Waals surface area contributed by atoms with Crippen LogP contribution < -0.4 is 14.8 Å². The highest BCUT2D eigenvalue weighted by atomic mass is 16.7. The molecule has 1 N–H and O–H groups in total. The van der Waals surface area contributed by atoms with E-state index >= 15 is 0 Å².